The molecule has 108 valence electrons. The standard InChI is InChI=1S/C14H18N2O2S2/c1-2-6-12-13(9-15)19-14(16-12)10-20(17,18)11-7-4-3-5-8-11/h3-5,7-8H,2,6,9-10,15H2,1H3. The Balaban J connectivity index is 2.26. The van der Waals surface area contributed by atoms with Crippen molar-refractivity contribution >= 4 is 21.2 Å². The average molecular weight is 310 g/mol. The molecule has 0 radical (unpaired) electrons. The van der Waals surface area contributed by atoms with Crippen LogP contribution in [0.1, 0.15) is 28.9 Å². The van der Waals surface area contributed by atoms with Gasteiger partial charge >= 0.3 is 0 Å². The molecule has 0 saturated heterocycles. The smallest absolute Gasteiger partial charge is 0.184 e. The number of sulfone groups is 1. The molecular weight excluding hydrogens is 292 g/mol. The first-order chi connectivity index (χ1) is 9.56. The van der Waals surface area contributed by atoms with Gasteiger partial charge in [-0.25, -0.2) is 13.4 Å². The van der Waals surface area contributed by atoms with E-state index in [1.807, 2.05) is 0 Å². The minimum Gasteiger partial charge on any atom is -0.326 e. The summed E-state index contributed by atoms with van der Waals surface area (Å²) in [5.41, 5.74) is 6.63. The summed E-state index contributed by atoms with van der Waals surface area (Å²) in [6.45, 7) is 2.48. The van der Waals surface area contributed by atoms with Gasteiger partial charge in [0.25, 0.3) is 0 Å². The van der Waals surface area contributed by atoms with Gasteiger partial charge < -0.3 is 5.73 Å². The molecule has 0 aliphatic carbocycles. The minimum absolute atomic E-state index is 0.0571. The molecule has 1 aromatic carbocycles. The van der Waals surface area contributed by atoms with Crippen LogP contribution < -0.4 is 5.73 Å². The lowest BCUT2D eigenvalue weighted by Gasteiger charge is -2.01. The van der Waals surface area contributed by atoms with Gasteiger partial charge in [-0.05, 0) is 18.6 Å². The fourth-order valence-corrected chi connectivity index (χ4v) is 4.58. The Morgan fingerprint density at radius 1 is 1.25 bits per heavy atom. The number of rotatable bonds is 6. The molecule has 0 unspecified atom stereocenters. The zero-order valence-electron chi connectivity index (χ0n) is 11.4. The molecule has 0 saturated carbocycles. The van der Waals surface area contributed by atoms with Crippen molar-refractivity contribution in [1.29, 1.82) is 0 Å². The molecule has 2 N–H and O–H groups in total. The van der Waals surface area contributed by atoms with E-state index in [1.165, 1.54) is 11.3 Å². The van der Waals surface area contributed by atoms with Crippen LogP contribution in [0.2, 0.25) is 0 Å². The fraction of sp³-hybridized carbons (Fsp3) is 0.357. The van der Waals surface area contributed by atoms with Crippen molar-refractivity contribution in [3.05, 3.63) is 45.9 Å². The van der Waals surface area contributed by atoms with Gasteiger partial charge in [0, 0.05) is 11.4 Å². The van der Waals surface area contributed by atoms with Crippen LogP contribution in [0, 0.1) is 0 Å². The lowest BCUT2D eigenvalue weighted by atomic mass is 10.2. The van der Waals surface area contributed by atoms with Crippen molar-refractivity contribution in [1.82, 2.24) is 4.98 Å². The molecular formula is C14H18N2O2S2. The van der Waals surface area contributed by atoms with Crippen molar-refractivity contribution in [2.75, 3.05) is 0 Å². The third-order valence-electron chi connectivity index (χ3n) is 2.91. The highest BCUT2D eigenvalue weighted by Crippen LogP contribution is 2.23. The molecule has 0 bridgehead atoms. The summed E-state index contributed by atoms with van der Waals surface area (Å²) in [4.78, 5) is 5.77. The van der Waals surface area contributed by atoms with E-state index in [2.05, 4.69) is 11.9 Å². The van der Waals surface area contributed by atoms with Gasteiger partial charge in [-0.1, -0.05) is 31.5 Å². The molecule has 4 nitrogen and oxygen atoms in total. The minimum atomic E-state index is -3.33. The largest absolute Gasteiger partial charge is 0.326 e. The Labute approximate surface area is 123 Å². The van der Waals surface area contributed by atoms with Gasteiger partial charge in [-0.15, -0.1) is 11.3 Å². The first kappa shape index (κ1) is 15.2. The maximum Gasteiger partial charge on any atom is 0.184 e. The molecule has 1 heterocycles. The van der Waals surface area contributed by atoms with Crippen molar-refractivity contribution in [3.8, 4) is 0 Å². The second kappa shape index (κ2) is 6.47. The van der Waals surface area contributed by atoms with E-state index >= 15 is 0 Å². The molecule has 0 amide bonds. The lowest BCUT2D eigenvalue weighted by molar-refractivity contribution is 0.595. The van der Waals surface area contributed by atoms with Crippen molar-refractivity contribution in [2.24, 2.45) is 5.73 Å². The molecule has 0 atom stereocenters. The van der Waals surface area contributed by atoms with Gasteiger partial charge in [0.05, 0.1) is 10.6 Å². The Kier molecular flexibility index (Phi) is 4.91. The number of hydrogen-bond acceptors (Lipinski definition) is 5. The van der Waals surface area contributed by atoms with Crippen LogP contribution in [0.5, 0.6) is 0 Å². The second-order valence-corrected chi connectivity index (χ2v) is 7.66. The van der Waals surface area contributed by atoms with E-state index < -0.39 is 9.84 Å². The predicted octanol–water partition coefficient (Wildman–Crippen LogP) is 2.53. The number of aryl methyl sites for hydroxylation is 1. The highest BCUT2D eigenvalue weighted by molar-refractivity contribution is 7.90. The topological polar surface area (TPSA) is 73.0 Å². The molecule has 0 aliphatic rings. The monoisotopic (exact) mass is 310 g/mol. The molecule has 20 heavy (non-hydrogen) atoms. The van der Waals surface area contributed by atoms with Crippen molar-refractivity contribution in [2.45, 2.75) is 37.0 Å². The van der Waals surface area contributed by atoms with Gasteiger partial charge in [-0.3, -0.25) is 0 Å². The maximum absolute atomic E-state index is 12.3. The second-order valence-electron chi connectivity index (χ2n) is 4.50. The molecule has 2 aromatic rings. The van der Waals surface area contributed by atoms with Gasteiger partial charge in [0.15, 0.2) is 9.84 Å². The highest BCUT2D eigenvalue weighted by Gasteiger charge is 2.19. The van der Waals surface area contributed by atoms with Gasteiger partial charge in [-0.2, -0.15) is 0 Å². The molecule has 1 aromatic heterocycles. The Morgan fingerprint density at radius 2 is 1.95 bits per heavy atom. The van der Waals surface area contributed by atoms with Crippen LogP contribution in [0.15, 0.2) is 35.2 Å². The lowest BCUT2D eigenvalue weighted by Crippen LogP contribution is -2.04. The number of thiazole rings is 1. The quantitative estimate of drug-likeness (QED) is 0.890. The van der Waals surface area contributed by atoms with E-state index in [-0.39, 0.29) is 5.75 Å². The summed E-state index contributed by atoms with van der Waals surface area (Å²) in [5, 5.41) is 0.623. The summed E-state index contributed by atoms with van der Waals surface area (Å²) in [5.74, 6) is -0.0571. The Bertz CT molecular complexity index is 664. The van der Waals surface area contributed by atoms with E-state index in [0.717, 1.165) is 23.4 Å². The number of benzene rings is 1. The third kappa shape index (κ3) is 3.45. The summed E-state index contributed by atoms with van der Waals surface area (Å²) in [6, 6.07) is 8.47. The summed E-state index contributed by atoms with van der Waals surface area (Å²) < 4.78 is 24.6. The Morgan fingerprint density at radius 3 is 2.55 bits per heavy atom. The molecule has 2 rings (SSSR count). The summed E-state index contributed by atoms with van der Waals surface area (Å²) in [7, 11) is -3.33. The van der Waals surface area contributed by atoms with E-state index in [0.29, 0.717) is 16.4 Å². The molecule has 0 fully saturated rings. The molecule has 0 spiro atoms. The van der Waals surface area contributed by atoms with Crippen LogP contribution in [0.4, 0.5) is 0 Å². The first-order valence-corrected chi connectivity index (χ1v) is 8.99. The predicted molar refractivity (Wildman–Crippen MR) is 81.3 cm³/mol. The molecule has 0 aliphatic heterocycles. The maximum atomic E-state index is 12.3. The number of aromatic nitrogens is 1. The van der Waals surface area contributed by atoms with E-state index in [4.69, 9.17) is 5.73 Å². The van der Waals surface area contributed by atoms with Crippen LogP contribution in [-0.4, -0.2) is 13.4 Å². The third-order valence-corrected chi connectivity index (χ3v) is 5.86. The van der Waals surface area contributed by atoms with Crippen LogP contribution in [0.3, 0.4) is 0 Å². The normalized spacial score (nSPS) is 11.7. The molecule has 6 heteroatoms. The zero-order chi connectivity index (χ0) is 14.6. The van der Waals surface area contributed by atoms with E-state index in [1.54, 1.807) is 30.3 Å². The van der Waals surface area contributed by atoms with Crippen LogP contribution in [0.25, 0.3) is 0 Å². The van der Waals surface area contributed by atoms with Gasteiger partial charge in [0.1, 0.15) is 10.8 Å². The van der Waals surface area contributed by atoms with Gasteiger partial charge in [0.2, 0.25) is 0 Å². The zero-order valence-corrected chi connectivity index (χ0v) is 13.0. The number of nitrogens with two attached hydrogens (primary N) is 1. The average Bonchev–Trinajstić information content (AvgIpc) is 2.81. The summed E-state index contributed by atoms with van der Waals surface area (Å²) in [6.07, 6.45) is 1.82. The first-order valence-electron chi connectivity index (χ1n) is 6.52. The van der Waals surface area contributed by atoms with Crippen molar-refractivity contribution < 1.29 is 8.42 Å². The van der Waals surface area contributed by atoms with Crippen LogP contribution >= 0.6 is 11.3 Å². The summed E-state index contributed by atoms with van der Waals surface area (Å²) >= 11 is 1.41. The SMILES string of the molecule is CCCc1nc(CS(=O)(=O)c2ccccc2)sc1CN. The number of hydrogen-bond donors (Lipinski definition) is 1. The van der Waals surface area contributed by atoms with Crippen molar-refractivity contribution in [3.63, 3.8) is 0 Å². The van der Waals surface area contributed by atoms with Crippen LogP contribution in [-0.2, 0) is 28.6 Å². The Hall–Kier alpha value is -1.24. The van der Waals surface area contributed by atoms with E-state index in [9.17, 15) is 8.42 Å². The highest BCUT2D eigenvalue weighted by atomic mass is 32.2. The number of nitrogens with zero attached hydrogens (tertiary/aromatic N) is 1. The fourth-order valence-electron chi connectivity index (χ4n) is 1.96.